The van der Waals surface area contributed by atoms with Gasteiger partial charge in [0, 0.05) is 11.9 Å². The molecular formula is C24H6BF15N-. The van der Waals surface area contributed by atoms with Crippen molar-refractivity contribution < 1.29 is 65.9 Å². The van der Waals surface area contributed by atoms with Gasteiger partial charge in [-0.1, -0.05) is 6.07 Å². The minimum absolute atomic E-state index is 0.723. The fraction of sp³-hybridized carbons (Fsp3) is 0.0417. The third-order valence-corrected chi connectivity index (χ3v) is 6.45. The van der Waals surface area contributed by atoms with Gasteiger partial charge in [-0.3, -0.25) is 4.98 Å². The molecule has 216 valence electrons. The molecule has 0 bridgehead atoms. The molecule has 0 amide bonds. The Hall–Kier alpha value is -4.18. The van der Waals surface area contributed by atoms with Crippen LogP contribution in [0.3, 0.4) is 0 Å². The van der Waals surface area contributed by atoms with Gasteiger partial charge in [-0.2, -0.15) is 0 Å². The number of hydrogen-bond donors (Lipinski definition) is 0. The fourth-order valence-electron chi connectivity index (χ4n) is 4.74. The molecule has 0 aliphatic carbocycles. The van der Waals surface area contributed by atoms with Gasteiger partial charge in [-0.05, 0) is 12.1 Å². The Balaban J connectivity index is 2.47. The molecule has 4 aromatic rings. The maximum Gasteiger partial charge on any atom is 0.200 e. The van der Waals surface area contributed by atoms with E-state index in [1.807, 2.05) is 0 Å². The third-order valence-electron chi connectivity index (χ3n) is 6.45. The van der Waals surface area contributed by atoms with E-state index in [-0.39, 0.29) is 0 Å². The Morgan fingerprint density at radius 3 is 0.902 bits per heavy atom. The van der Waals surface area contributed by atoms with Crippen LogP contribution in [0, 0.1) is 87.3 Å². The summed E-state index contributed by atoms with van der Waals surface area (Å²) < 4.78 is 220. The van der Waals surface area contributed by atoms with Crippen LogP contribution in [0.25, 0.3) is 0 Å². The number of nitrogens with zero attached hydrogens (tertiary/aromatic N) is 1. The summed E-state index contributed by atoms with van der Waals surface area (Å²) in [5, 5.41) is 0. The average Bonchev–Trinajstić information content (AvgIpc) is 2.95. The van der Waals surface area contributed by atoms with Crippen molar-refractivity contribution in [2.75, 3.05) is 0 Å². The molecule has 0 unspecified atom stereocenters. The third kappa shape index (κ3) is 4.20. The van der Waals surface area contributed by atoms with Crippen LogP contribution in [-0.2, 0) is 6.32 Å². The first kappa shape index (κ1) is 29.8. The molecule has 0 radical (unpaired) electrons. The maximum absolute atomic E-state index is 15.3. The lowest BCUT2D eigenvalue weighted by molar-refractivity contribution is 0.379. The van der Waals surface area contributed by atoms with Crippen molar-refractivity contribution in [1.29, 1.82) is 0 Å². The van der Waals surface area contributed by atoms with Crippen molar-refractivity contribution in [2.45, 2.75) is 6.32 Å². The highest BCUT2D eigenvalue weighted by Gasteiger charge is 2.48. The monoisotopic (exact) mass is 604 g/mol. The predicted molar refractivity (Wildman–Crippen MR) is 111 cm³/mol. The van der Waals surface area contributed by atoms with E-state index in [1.54, 1.807) is 0 Å². The van der Waals surface area contributed by atoms with Gasteiger partial charge in [0.15, 0.2) is 52.4 Å². The first-order valence-electron chi connectivity index (χ1n) is 10.7. The summed E-state index contributed by atoms with van der Waals surface area (Å²) in [4.78, 5) is 3.50. The van der Waals surface area contributed by atoms with E-state index in [0.717, 1.165) is 24.4 Å². The van der Waals surface area contributed by atoms with Crippen LogP contribution in [-0.4, -0.2) is 11.1 Å². The molecule has 0 atom stereocenters. The van der Waals surface area contributed by atoms with Crippen LogP contribution >= 0.6 is 0 Å². The van der Waals surface area contributed by atoms with Gasteiger partial charge >= 0.3 is 0 Å². The molecule has 0 fully saturated rings. The van der Waals surface area contributed by atoms with Crippen LogP contribution in [0.15, 0.2) is 24.4 Å². The highest BCUT2D eigenvalue weighted by atomic mass is 19.2. The lowest BCUT2D eigenvalue weighted by atomic mass is 9.13. The summed E-state index contributed by atoms with van der Waals surface area (Å²) >= 11 is 0. The highest BCUT2D eigenvalue weighted by molar-refractivity contribution is 7.11. The van der Waals surface area contributed by atoms with Gasteiger partial charge in [0.1, 0.15) is 41.0 Å². The van der Waals surface area contributed by atoms with Crippen molar-refractivity contribution in [3.05, 3.63) is 117 Å². The maximum atomic E-state index is 15.3. The number of rotatable bonds is 5. The number of hydrogen-bond acceptors (Lipinski definition) is 1. The molecule has 41 heavy (non-hydrogen) atoms. The molecule has 0 aliphatic heterocycles. The molecule has 4 rings (SSSR count). The summed E-state index contributed by atoms with van der Waals surface area (Å²) in [5.41, 5.74) is -8.86. The molecule has 17 heteroatoms. The Bertz CT molecular complexity index is 1470. The summed E-state index contributed by atoms with van der Waals surface area (Å²) in [7, 11) is 0. The molecule has 1 aromatic heterocycles. The summed E-state index contributed by atoms with van der Waals surface area (Å²) in [6.07, 6.45) is -6.81. The largest absolute Gasteiger partial charge is 0.265 e. The molecule has 0 aliphatic rings. The molecule has 1 heterocycles. The minimum Gasteiger partial charge on any atom is -0.265 e. The van der Waals surface area contributed by atoms with Crippen molar-refractivity contribution in [2.24, 2.45) is 0 Å². The quantitative estimate of drug-likeness (QED) is 0.129. The molecule has 0 N–H and O–H groups in total. The van der Waals surface area contributed by atoms with E-state index in [1.165, 1.54) is 0 Å². The predicted octanol–water partition coefficient (Wildman–Crippen LogP) is 5.42. The lowest BCUT2D eigenvalue weighted by Gasteiger charge is -2.43. The topological polar surface area (TPSA) is 12.9 Å². The van der Waals surface area contributed by atoms with Crippen molar-refractivity contribution >= 4 is 22.5 Å². The zero-order chi connectivity index (χ0) is 30.7. The van der Waals surface area contributed by atoms with E-state index >= 15 is 26.3 Å². The smallest absolute Gasteiger partial charge is 0.200 e. The zero-order valence-corrected chi connectivity index (χ0v) is 19.2. The van der Waals surface area contributed by atoms with Crippen molar-refractivity contribution in [1.82, 2.24) is 4.98 Å². The van der Waals surface area contributed by atoms with Crippen molar-refractivity contribution in [3.8, 4) is 0 Å². The van der Waals surface area contributed by atoms with E-state index in [9.17, 15) is 39.5 Å². The second-order valence-corrected chi connectivity index (χ2v) is 8.52. The van der Waals surface area contributed by atoms with Crippen LogP contribution in [0.5, 0.6) is 0 Å². The molecule has 1 nitrogen and oxygen atoms in total. The van der Waals surface area contributed by atoms with E-state index in [4.69, 9.17) is 0 Å². The van der Waals surface area contributed by atoms with E-state index < -0.39 is 122 Å². The average molecular weight is 604 g/mol. The fourth-order valence-corrected chi connectivity index (χ4v) is 4.74. The first-order chi connectivity index (χ1) is 19.1. The Kier molecular flexibility index (Phi) is 7.51. The van der Waals surface area contributed by atoms with Crippen LogP contribution < -0.4 is 16.4 Å². The molecule has 3 aromatic carbocycles. The number of halogens is 15. The number of pyridine rings is 1. The van der Waals surface area contributed by atoms with Gasteiger partial charge in [-0.15, -0.1) is 22.7 Å². The van der Waals surface area contributed by atoms with Crippen LogP contribution in [0.4, 0.5) is 65.9 Å². The van der Waals surface area contributed by atoms with Gasteiger partial charge in [0.05, 0.1) is 0 Å². The molecule has 0 saturated carbocycles. The van der Waals surface area contributed by atoms with Gasteiger partial charge in [0.2, 0.25) is 0 Å². The van der Waals surface area contributed by atoms with Gasteiger partial charge in [0.25, 0.3) is 0 Å². The first-order valence-corrected chi connectivity index (χ1v) is 10.7. The Morgan fingerprint density at radius 1 is 0.390 bits per heavy atom. The number of aromatic nitrogens is 1. The van der Waals surface area contributed by atoms with Gasteiger partial charge in [-0.25, -0.2) is 65.9 Å². The second-order valence-electron chi connectivity index (χ2n) is 8.52. The van der Waals surface area contributed by atoms with Gasteiger partial charge < -0.3 is 0 Å². The lowest BCUT2D eigenvalue weighted by Crippen LogP contribution is -2.74. The summed E-state index contributed by atoms with van der Waals surface area (Å²) in [6, 6.07) is 2.78. The molecular weight excluding hydrogens is 598 g/mol. The minimum atomic E-state index is -5.66. The summed E-state index contributed by atoms with van der Waals surface area (Å²) in [5.74, 6) is -45.5. The Labute approximate surface area is 217 Å². The van der Waals surface area contributed by atoms with Crippen molar-refractivity contribution in [3.63, 3.8) is 0 Å². The molecule has 0 spiro atoms. The van der Waals surface area contributed by atoms with Crippen LogP contribution in [0.2, 0.25) is 0 Å². The number of benzene rings is 3. The Morgan fingerprint density at radius 2 is 0.659 bits per heavy atom. The molecule has 0 saturated heterocycles. The van der Waals surface area contributed by atoms with E-state index in [0.29, 0.717) is 0 Å². The van der Waals surface area contributed by atoms with E-state index in [2.05, 4.69) is 4.98 Å². The standard InChI is InChI=1S/C24H6BF15N/c26-10-7(11(27)17(33)22(38)16(10)32)25(5-6-3-1-2-4-41-6,8-12(28)18(34)23(39)19(35)13(8)29)9-14(30)20(36)24(40)21(37)15(9)31/h1-4H,5H2/q-1. The zero-order valence-electron chi connectivity index (χ0n) is 19.2. The second kappa shape index (κ2) is 10.3. The van der Waals surface area contributed by atoms with Crippen LogP contribution in [0.1, 0.15) is 5.69 Å². The summed E-state index contributed by atoms with van der Waals surface area (Å²) in [6.45, 7) is 0. The SMILES string of the molecule is Fc1c(F)c(F)c([B-](Cc2ccccn2)(c2c(F)c(F)c(F)c(F)c2F)c2c(F)c(F)c(F)c(F)c2F)c(F)c1F. The highest BCUT2D eigenvalue weighted by Crippen LogP contribution is 2.29. The normalized spacial score (nSPS) is 11.9.